The number of benzene rings is 1. The van der Waals surface area contributed by atoms with Crippen LogP contribution in [0.2, 0.25) is 0 Å². The molecular weight excluding hydrogens is 294 g/mol. The van der Waals surface area contributed by atoms with E-state index in [-0.39, 0.29) is 6.04 Å². The molecule has 1 aromatic heterocycles. The maximum absolute atomic E-state index is 10.6. The number of aliphatic hydroxyl groups is 1. The van der Waals surface area contributed by atoms with Crippen LogP contribution in [0.15, 0.2) is 41.6 Å². The van der Waals surface area contributed by atoms with Gasteiger partial charge in [-0.1, -0.05) is 25.1 Å². The number of hydrogen-bond donors (Lipinski definition) is 2. The molecule has 0 bridgehead atoms. The van der Waals surface area contributed by atoms with Crippen molar-refractivity contribution in [3.05, 3.63) is 47.8 Å². The molecule has 1 heterocycles. The minimum Gasteiger partial charge on any atom is -0.384 e. The van der Waals surface area contributed by atoms with Gasteiger partial charge in [0.2, 0.25) is 0 Å². The summed E-state index contributed by atoms with van der Waals surface area (Å²) >= 11 is 1.85. The SMILES string of the molecule is CCSc1ccccc1C(C)NCC(C)(O)c1cnn(C)c1. The van der Waals surface area contributed by atoms with Gasteiger partial charge >= 0.3 is 0 Å². The zero-order valence-electron chi connectivity index (χ0n) is 13.7. The van der Waals surface area contributed by atoms with Gasteiger partial charge in [0.05, 0.1) is 6.20 Å². The number of aryl methyl sites for hydroxylation is 1. The molecule has 2 atom stereocenters. The van der Waals surface area contributed by atoms with Crippen LogP contribution in [0.4, 0.5) is 0 Å². The molecule has 0 aliphatic carbocycles. The van der Waals surface area contributed by atoms with Crippen LogP contribution in [0.5, 0.6) is 0 Å². The molecule has 0 radical (unpaired) electrons. The van der Waals surface area contributed by atoms with E-state index in [1.807, 2.05) is 31.9 Å². The Morgan fingerprint density at radius 3 is 2.77 bits per heavy atom. The summed E-state index contributed by atoms with van der Waals surface area (Å²) in [4.78, 5) is 1.30. The van der Waals surface area contributed by atoms with Gasteiger partial charge in [0.1, 0.15) is 5.60 Å². The van der Waals surface area contributed by atoms with Crippen molar-refractivity contribution < 1.29 is 5.11 Å². The van der Waals surface area contributed by atoms with Crippen molar-refractivity contribution >= 4 is 11.8 Å². The van der Waals surface area contributed by atoms with Crippen molar-refractivity contribution in [2.75, 3.05) is 12.3 Å². The molecule has 0 spiro atoms. The summed E-state index contributed by atoms with van der Waals surface area (Å²) in [5, 5.41) is 18.2. The molecule has 0 aliphatic rings. The number of thioether (sulfide) groups is 1. The second kappa shape index (κ2) is 7.31. The Labute approximate surface area is 136 Å². The third-order valence-corrected chi connectivity index (χ3v) is 4.74. The minimum atomic E-state index is -0.935. The Balaban J connectivity index is 2.05. The highest BCUT2D eigenvalue weighted by molar-refractivity contribution is 7.99. The average Bonchev–Trinajstić information content (AvgIpc) is 2.93. The third kappa shape index (κ3) is 4.12. The first kappa shape index (κ1) is 17.1. The molecule has 2 N–H and O–H groups in total. The smallest absolute Gasteiger partial charge is 0.102 e. The number of aromatic nitrogens is 2. The zero-order chi connectivity index (χ0) is 16.2. The number of hydrogen-bond acceptors (Lipinski definition) is 4. The van der Waals surface area contributed by atoms with E-state index in [1.165, 1.54) is 10.5 Å². The molecule has 2 aromatic rings. The fourth-order valence-corrected chi connectivity index (χ4v) is 3.29. The Morgan fingerprint density at radius 1 is 1.41 bits per heavy atom. The highest BCUT2D eigenvalue weighted by atomic mass is 32.2. The fourth-order valence-electron chi connectivity index (χ4n) is 2.39. The largest absolute Gasteiger partial charge is 0.384 e. The maximum atomic E-state index is 10.6. The van der Waals surface area contributed by atoms with Gasteiger partial charge in [-0.3, -0.25) is 4.68 Å². The first-order valence-electron chi connectivity index (χ1n) is 7.60. The van der Waals surface area contributed by atoms with Gasteiger partial charge in [0, 0.05) is 36.3 Å². The first-order chi connectivity index (χ1) is 10.4. The van der Waals surface area contributed by atoms with Gasteiger partial charge in [-0.2, -0.15) is 5.10 Å². The lowest BCUT2D eigenvalue weighted by Crippen LogP contribution is -2.36. The maximum Gasteiger partial charge on any atom is 0.102 e. The van der Waals surface area contributed by atoms with Crippen molar-refractivity contribution in [2.24, 2.45) is 7.05 Å². The highest BCUT2D eigenvalue weighted by Crippen LogP contribution is 2.28. The number of nitrogens with zero attached hydrogens (tertiary/aromatic N) is 2. The topological polar surface area (TPSA) is 50.1 Å². The van der Waals surface area contributed by atoms with Gasteiger partial charge in [0.15, 0.2) is 0 Å². The van der Waals surface area contributed by atoms with E-state index in [9.17, 15) is 5.11 Å². The Kier molecular flexibility index (Phi) is 5.67. The second-order valence-electron chi connectivity index (χ2n) is 5.75. The standard InChI is InChI=1S/C17H25N3OS/c1-5-22-16-9-7-6-8-15(16)13(2)18-12-17(3,21)14-10-19-20(4)11-14/h6-11,13,18,21H,5,12H2,1-4H3. The van der Waals surface area contributed by atoms with Crippen molar-refractivity contribution in [2.45, 2.75) is 37.3 Å². The summed E-state index contributed by atoms with van der Waals surface area (Å²) in [6, 6.07) is 8.61. The summed E-state index contributed by atoms with van der Waals surface area (Å²) in [5.41, 5.74) is 1.16. The molecule has 4 nitrogen and oxygen atoms in total. The van der Waals surface area contributed by atoms with E-state index < -0.39 is 5.60 Å². The number of rotatable bonds is 7. The van der Waals surface area contributed by atoms with Gasteiger partial charge in [-0.25, -0.2) is 0 Å². The van der Waals surface area contributed by atoms with Gasteiger partial charge < -0.3 is 10.4 Å². The summed E-state index contributed by atoms with van der Waals surface area (Å²) in [7, 11) is 1.86. The molecule has 120 valence electrons. The summed E-state index contributed by atoms with van der Waals surface area (Å²) in [5.74, 6) is 1.05. The van der Waals surface area contributed by atoms with Crippen LogP contribution in [0.3, 0.4) is 0 Å². The highest BCUT2D eigenvalue weighted by Gasteiger charge is 2.25. The summed E-state index contributed by atoms with van der Waals surface area (Å²) < 4.78 is 1.71. The fraction of sp³-hybridized carbons (Fsp3) is 0.471. The van der Waals surface area contributed by atoms with Gasteiger partial charge in [-0.05, 0) is 31.2 Å². The molecule has 0 saturated heterocycles. The van der Waals surface area contributed by atoms with Gasteiger partial charge in [0.25, 0.3) is 0 Å². The molecular formula is C17H25N3OS. The van der Waals surface area contributed by atoms with E-state index in [0.717, 1.165) is 11.3 Å². The Hall–Kier alpha value is -1.30. The molecule has 2 unspecified atom stereocenters. The quantitative estimate of drug-likeness (QED) is 0.770. The van der Waals surface area contributed by atoms with Crippen molar-refractivity contribution in [3.8, 4) is 0 Å². The van der Waals surface area contributed by atoms with E-state index in [0.29, 0.717) is 6.54 Å². The van der Waals surface area contributed by atoms with Crippen LogP contribution >= 0.6 is 11.8 Å². The predicted octanol–water partition coefficient (Wildman–Crippen LogP) is 3.09. The number of nitrogens with one attached hydrogen (secondary N) is 1. The monoisotopic (exact) mass is 319 g/mol. The van der Waals surface area contributed by atoms with Crippen molar-refractivity contribution in [3.63, 3.8) is 0 Å². The Morgan fingerprint density at radius 2 is 2.14 bits per heavy atom. The van der Waals surface area contributed by atoms with Crippen molar-refractivity contribution in [1.29, 1.82) is 0 Å². The third-order valence-electron chi connectivity index (χ3n) is 3.76. The summed E-state index contributed by atoms with van der Waals surface area (Å²) in [6.07, 6.45) is 3.57. The lowest BCUT2D eigenvalue weighted by molar-refractivity contribution is 0.0542. The Bertz CT molecular complexity index is 609. The first-order valence-corrected chi connectivity index (χ1v) is 8.59. The molecule has 2 rings (SSSR count). The average molecular weight is 319 g/mol. The van der Waals surface area contributed by atoms with Crippen LogP contribution in [-0.2, 0) is 12.6 Å². The second-order valence-corrected chi connectivity index (χ2v) is 7.06. The van der Waals surface area contributed by atoms with Crippen LogP contribution in [-0.4, -0.2) is 27.2 Å². The molecule has 0 amide bonds. The van der Waals surface area contributed by atoms with Crippen LogP contribution < -0.4 is 5.32 Å². The zero-order valence-corrected chi connectivity index (χ0v) is 14.5. The lowest BCUT2D eigenvalue weighted by atomic mass is 9.98. The molecule has 5 heteroatoms. The van der Waals surface area contributed by atoms with E-state index >= 15 is 0 Å². The van der Waals surface area contributed by atoms with E-state index in [4.69, 9.17) is 0 Å². The molecule has 1 aromatic carbocycles. The molecule has 0 saturated carbocycles. The van der Waals surface area contributed by atoms with Crippen molar-refractivity contribution in [1.82, 2.24) is 15.1 Å². The molecule has 22 heavy (non-hydrogen) atoms. The normalized spacial score (nSPS) is 15.5. The van der Waals surface area contributed by atoms with Crippen LogP contribution in [0, 0.1) is 0 Å². The molecule has 0 aliphatic heterocycles. The van der Waals surface area contributed by atoms with E-state index in [1.54, 1.807) is 10.9 Å². The summed E-state index contributed by atoms with van der Waals surface area (Å²) in [6.45, 7) is 6.59. The van der Waals surface area contributed by atoms with E-state index in [2.05, 4.69) is 48.5 Å². The predicted molar refractivity (Wildman–Crippen MR) is 92.0 cm³/mol. The minimum absolute atomic E-state index is 0.179. The van der Waals surface area contributed by atoms with Crippen LogP contribution in [0.25, 0.3) is 0 Å². The van der Waals surface area contributed by atoms with Gasteiger partial charge in [-0.15, -0.1) is 11.8 Å². The molecule has 0 fully saturated rings. The van der Waals surface area contributed by atoms with Crippen LogP contribution in [0.1, 0.15) is 37.9 Å². The lowest BCUT2D eigenvalue weighted by Gasteiger charge is -2.26.